The molecule has 2 N–H and O–H groups in total. The Morgan fingerprint density at radius 1 is 1.14 bits per heavy atom. The van der Waals surface area contributed by atoms with Crippen LogP contribution in [-0.4, -0.2) is 30.2 Å². The number of nitrogens with two attached hydrogens (primary N) is 1. The highest BCUT2D eigenvalue weighted by Crippen LogP contribution is 2.37. The Labute approximate surface area is 171 Å². The Morgan fingerprint density at radius 2 is 1.93 bits per heavy atom. The number of aryl methyl sites for hydroxylation is 4. The van der Waals surface area contributed by atoms with Crippen molar-refractivity contribution in [3.63, 3.8) is 0 Å². The van der Waals surface area contributed by atoms with E-state index in [0.717, 1.165) is 32.6 Å². The molecule has 0 aliphatic heterocycles. The number of thiophene rings is 1. The highest BCUT2D eigenvalue weighted by molar-refractivity contribution is 7.99. The Morgan fingerprint density at radius 3 is 2.71 bits per heavy atom. The van der Waals surface area contributed by atoms with Gasteiger partial charge in [0.25, 0.3) is 0 Å². The second-order valence-corrected chi connectivity index (χ2v) is 9.36. The highest BCUT2D eigenvalue weighted by Gasteiger charge is 2.20. The van der Waals surface area contributed by atoms with Crippen molar-refractivity contribution < 1.29 is 0 Å². The Hall–Kier alpha value is -2.52. The molecular weight excluding hydrogens is 390 g/mol. The van der Waals surface area contributed by atoms with Crippen molar-refractivity contribution >= 4 is 39.1 Å². The fourth-order valence-electron chi connectivity index (χ4n) is 3.04. The van der Waals surface area contributed by atoms with Crippen LogP contribution in [0.2, 0.25) is 0 Å². The van der Waals surface area contributed by atoms with Gasteiger partial charge in [0.15, 0.2) is 0 Å². The molecule has 7 nitrogen and oxygen atoms in total. The van der Waals surface area contributed by atoms with Crippen LogP contribution < -0.4 is 5.73 Å². The number of rotatable bonds is 4. The molecule has 0 bridgehead atoms. The maximum atomic E-state index is 6.24. The molecule has 0 radical (unpaired) electrons. The van der Waals surface area contributed by atoms with Crippen molar-refractivity contribution in [2.45, 2.75) is 45.0 Å². The lowest BCUT2D eigenvalue weighted by molar-refractivity contribution is 0.749. The molecule has 4 aromatic rings. The topological polar surface area (TPSA) is 95.4 Å². The molecule has 3 aromatic heterocycles. The van der Waals surface area contributed by atoms with Crippen molar-refractivity contribution in [2.75, 3.05) is 5.73 Å². The molecule has 1 aromatic carbocycles. The number of thioether (sulfide) groups is 1. The number of fused-ring (bicyclic) bond motifs is 1. The zero-order valence-corrected chi connectivity index (χ0v) is 18.0. The van der Waals surface area contributed by atoms with Gasteiger partial charge in [-0.1, -0.05) is 23.9 Å². The molecule has 1 unspecified atom stereocenters. The van der Waals surface area contributed by atoms with Gasteiger partial charge in [0.1, 0.15) is 16.5 Å². The van der Waals surface area contributed by atoms with Gasteiger partial charge in [-0.2, -0.15) is 4.68 Å². The van der Waals surface area contributed by atoms with E-state index in [-0.39, 0.29) is 5.25 Å². The standard InChI is InChI=1S/C19H21N7S2/c1-9-6-7-10(2)14(8-9)26-19(23-24-25-26)28-13(5)17-21-16(20)15-11(3)12(4)27-18(15)22-17/h6-8,13H,1-5H3,(H2,20,21,22). The van der Waals surface area contributed by atoms with Crippen molar-refractivity contribution in [3.05, 3.63) is 45.6 Å². The molecule has 3 heterocycles. The SMILES string of the molecule is Cc1ccc(C)c(-n2nnnc2SC(C)c2nc(N)c3c(C)c(C)sc3n2)c1. The number of nitrogens with zero attached hydrogens (tertiary/aromatic N) is 6. The lowest BCUT2D eigenvalue weighted by atomic mass is 10.1. The van der Waals surface area contributed by atoms with Crippen LogP contribution >= 0.6 is 23.1 Å². The molecule has 0 aliphatic carbocycles. The van der Waals surface area contributed by atoms with Gasteiger partial charge >= 0.3 is 0 Å². The molecule has 1 atom stereocenters. The fraction of sp³-hybridized carbons (Fsp3) is 0.316. The van der Waals surface area contributed by atoms with E-state index in [4.69, 9.17) is 10.7 Å². The minimum absolute atomic E-state index is 0.0516. The predicted molar refractivity (Wildman–Crippen MR) is 114 cm³/mol. The van der Waals surface area contributed by atoms with Gasteiger partial charge in [-0.25, -0.2) is 9.97 Å². The number of anilines is 1. The van der Waals surface area contributed by atoms with Crippen molar-refractivity contribution in [1.82, 2.24) is 30.2 Å². The first-order chi connectivity index (χ1) is 13.3. The first-order valence-corrected chi connectivity index (χ1v) is 10.6. The Kier molecular flexibility index (Phi) is 4.80. The second kappa shape index (κ2) is 7.14. The van der Waals surface area contributed by atoms with Crippen LogP contribution in [0.15, 0.2) is 23.4 Å². The summed E-state index contributed by atoms with van der Waals surface area (Å²) in [5.41, 5.74) is 10.6. The van der Waals surface area contributed by atoms with Crippen molar-refractivity contribution in [1.29, 1.82) is 0 Å². The summed E-state index contributed by atoms with van der Waals surface area (Å²) in [4.78, 5) is 11.5. The summed E-state index contributed by atoms with van der Waals surface area (Å²) in [6, 6.07) is 6.23. The van der Waals surface area contributed by atoms with Gasteiger partial charge < -0.3 is 5.73 Å². The summed E-state index contributed by atoms with van der Waals surface area (Å²) in [6.45, 7) is 10.3. The first kappa shape index (κ1) is 18.8. The monoisotopic (exact) mass is 411 g/mol. The molecule has 0 fully saturated rings. The minimum atomic E-state index is -0.0516. The Balaban J connectivity index is 1.69. The van der Waals surface area contributed by atoms with Crippen LogP contribution in [0.25, 0.3) is 15.9 Å². The van der Waals surface area contributed by atoms with Gasteiger partial charge in [0.2, 0.25) is 5.16 Å². The minimum Gasteiger partial charge on any atom is -0.383 e. The van der Waals surface area contributed by atoms with Gasteiger partial charge in [0, 0.05) is 4.88 Å². The van der Waals surface area contributed by atoms with E-state index in [0.29, 0.717) is 16.8 Å². The van der Waals surface area contributed by atoms with E-state index in [9.17, 15) is 0 Å². The van der Waals surface area contributed by atoms with Crippen LogP contribution in [0.4, 0.5) is 5.82 Å². The van der Waals surface area contributed by atoms with E-state index >= 15 is 0 Å². The largest absolute Gasteiger partial charge is 0.383 e. The summed E-state index contributed by atoms with van der Waals surface area (Å²) in [5, 5.41) is 13.9. The van der Waals surface area contributed by atoms with Crippen LogP contribution in [0.1, 0.15) is 39.6 Å². The molecule has 0 aliphatic rings. The Bertz CT molecular complexity index is 1180. The maximum Gasteiger partial charge on any atom is 0.214 e. The maximum absolute atomic E-state index is 6.24. The normalized spacial score (nSPS) is 12.6. The summed E-state index contributed by atoms with van der Waals surface area (Å²) in [6.07, 6.45) is 0. The molecule has 0 saturated heterocycles. The van der Waals surface area contributed by atoms with Crippen LogP contribution in [-0.2, 0) is 0 Å². The summed E-state index contributed by atoms with van der Waals surface area (Å²) < 4.78 is 1.77. The molecule has 0 spiro atoms. The zero-order chi connectivity index (χ0) is 20.0. The van der Waals surface area contributed by atoms with E-state index in [2.05, 4.69) is 59.5 Å². The molecule has 144 valence electrons. The van der Waals surface area contributed by atoms with Gasteiger partial charge in [0.05, 0.1) is 16.3 Å². The highest BCUT2D eigenvalue weighted by atomic mass is 32.2. The number of hydrogen-bond donors (Lipinski definition) is 1. The van der Waals surface area contributed by atoms with Crippen LogP contribution in [0, 0.1) is 27.7 Å². The van der Waals surface area contributed by atoms with E-state index in [1.165, 1.54) is 16.6 Å². The van der Waals surface area contributed by atoms with E-state index in [1.54, 1.807) is 16.0 Å². The summed E-state index contributed by atoms with van der Waals surface area (Å²) in [5.74, 6) is 1.22. The number of hydrogen-bond acceptors (Lipinski definition) is 8. The quantitative estimate of drug-likeness (QED) is 0.499. The molecule has 9 heteroatoms. The molecule has 0 saturated carbocycles. The summed E-state index contributed by atoms with van der Waals surface area (Å²) >= 11 is 3.17. The lowest BCUT2D eigenvalue weighted by Gasteiger charge is -2.12. The summed E-state index contributed by atoms with van der Waals surface area (Å²) in [7, 11) is 0. The van der Waals surface area contributed by atoms with E-state index in [1.807, 2.05) is 13.8 Å². The number of benzene rings is 1. The van der Waals surface area contributed by atoms with Crippen molar-refractivity contribution in [3.8, 4) is 5.69 Å². The smallest absolute Gasteiger partial charge is 0.214 e. The lowest BCUT2D eigenvalue weighted by Crippen LogP contribution is -2.05. The first-order valence-electron chi connectivity index (χ1n) is 8.91. The van der Waals surface area contributed by atoms with Gasteiger partial charge in [-0.05, 0) is 67.8 Å². The average molecular weight is 412 g/mol. The third-order valence-electron chi connectivity index (χ3n) is 4.75. The molecule has 0 amide bonds. The van der Waals surface area contributed by atoms with Crippen LogP contribution in [0.5, 0.6) is 0 Å². The molecule has 4 rings (SSSR count). The van der Waals surface area contributed by atoms with Gasteiger partial charge in [-0.15, -0.1) is 16.4 Å². The predicted octanol–water partition coefficient (Wildman–Crippen LogP) is 4.34. The van der Waals surface area contributed by atoms with E-state index < -0.39 is 0 Å². The van der Waals surface area contributed by atoms with Crippen LogP contribution in [0.3, 0.4) is 0 Å². The third kappa shape index (κ3) is 3.24. The second-order valence-electron chi connectivity index (χ2n) is 6.85. The number of nitrogen functional groups attached to an aromatic ring is 1. The van der Waals surface area contributed by atoms with Crippen molar-refractivity contribution in [2.24, 2.45) is 0 Å². The molecule has 28 heavy (non-hydrogen) atoms. The third-order valence-corrected chi connectivity index (χ3v) is 6.88. The molecular formula is C19H21N7S2. The number of tetrazole rings is 1. The zero-order valence-electron chi connectivity index (χ0n) is 16.4. The number of aromatic nitrogens is 6. The fourth-order valence-corrected chi connectivity index (χ4v) is 4.93. The average Bonchev–Trinajstić information content (AvgIpc) is 3.21. The van der Waals surface area contributed by atoms with Gasteiger partial charge in [-0.3, -0.25) is 0 Å².